The molecule has 0 saturated heterocycles. The van der Waals surface area contributed by atoms with Crippen LogP contribution in [0.4, 0.5) is 0 Å². The molecule has 7 heteroatoms. The Kier molecular flexibility index (Phi) is 2.24. The molecule has 0 aliphatic heterocycles. The molecule has 18 heavy (non-hydrogen) atoms. The van der Waals surface area contributed by atoms with E-state index in [1.807, 2.05) is 36.1 Å². The molecule has 0 aliphatic carbocycles. The average molecular weight is 246 g/mol. The van der Waals surface area contributed by atoms with E-state index in [9.17, 15) is 0 Å². The van der Waals surface area contributed by atoms with Crippen LogP contribution in [0.3, 0.4) is 0 Å². The normalized spacial score (nSPS) is 11.6. The highest BCUT2D eigenvalue weighted by atomic mass is 16.6. The summed E-state index contributed by atoms with van der Waals surface area (Å²) in [7, 11) is 1.94. The van der Waals surface area contributed by atoms with Gasteiger partial charge < -0.3 is 10.3 Å². The average Bonchev–Trinajstić information content (AvgIpc) is 3.00. The van der Waals surface area contributed by atoms with Crippen LogP contribution >= 0.6 is 0 Å². The summed E-state index contributed by atoms with van der Waals surface area (Å²) in [5.74, 6) is 0.867. The Labute approximate surface area is 103 Å². The number of fused-ring (bicyclic) bond motifs is 1. The van der Waals surface area contributed by atoms with Crippen LogP contribution in [0.2, 0.25) is 0 Å². The molecule has 3 aromatic heterocycles. The summed E-state index contributed by atoms with van der Waals surface area (Å²) in [5.41, 5.74) is 9.95. The minimum Gasteiger partial charge on any atom is -0.325 e. The number of imidazole rings is 2. The minimum absolute atomic E-state index is 0.296. The third-order valence-corrected chi connectivity index (χ3v) is 3.27. The number of aryl methyl sites for hydroxylation is 3. The van der Waals surface area contributed by atoms with E-state index in [1.165, 1.54) is 0 Å². The number of nitrogens with zero attached hydrogens (tertiary/aromatic N) is 5. The largest absolute Gasteiger partial charge is 0.325 e. The van der Waals surface area contributed by atoms with Crippen molar-refractivity contribution in [3.8, 4) is 11.4 Å². The van der Waals surface area contributed by atoms with E-state index in [1.54, 1.807) is 0 Å². The summed E-state index contributed by atoms with van der Waals surface area (Å²) in [5, 5.41) is 7.71. The van der Waals surface area contributed by atoms with Crippen molar-refractivity contribution < 1.29 is 4.63 Å². The van der Waals surface area contributed by atoms with Crippen molar-refractivity contribution in [2.45, 2.75) is 20.4 Å². The monoisotopic (exact) mass is 246 g/mol. The predicted molar refractivity (Wildman–Crippen MR) is 64.8 cm³/mol. The van der Waals surface area contributed by atoms with Gasteiger partial charge in [0.05, 0.1) is 11.4 Å². The van der Waals surface area contributed by atoms with Gasteiger partial charge in [-0.3, -0.25) is 4.40 Å². The molecule has 0 atom stereocenters. The van der Waals surface area contributed by atoms with Gasteiger partial charge in [-0.25, -0.2) is 9.61 Å². The summed E-state index contributed by atoms with van der Waals surface area (Å²) in [6.07, 6.45) is 1.98. The molecule has 3 heterocycles. The third kappa shape index (κ3) is 1.31. The maximum atomic E-state index is 5.61. The Bertz CT molecular complexity index is 719. The molecular weight excluding hydrogens is 232 g/mol. The molecule has 0 aromatic carbocycles. The first-order valence-corrected chi connectivity index (χ1v) is 5.66. The van der Waals surface area contributed by atoms with Gasteiger partial charge in [0.15, 0.2) is 5.69 Å². The van der Waals surface area contributed by atoms with Crippen LogP contribution in [0.15, 0.2) is 10.8 Å². The zero-order valence-corrected chi connectivity index (χ0v) is 10.5. The van der Waals surface area contributed by atoms with Gasteiger partial charge in [-0.1, -0.05) is 5.16 Å². The minimum atomic E-state index is 0.296. The Morgan fingerprint density at radius 1 is 1.33 bits per heavy atom. The smallest absolute Gasteiger partial charge is 0.214 e. The number of rotatable bonds is 2. The fourth-order valence-corrected chi connectivity index (χ4v) is 2.07. The van der Waals surface area contributed by atoms with Gasteiger partial charge in [-0.15, -0.1) is 0 Å². The lowest BCUT2D eigenvalue weighted by atomic mass is 10.2. The highest BCUT2D eigenvalue weighted by Crippen LogP contribution is 2.24. The molecule has 7 nitrogen and oxygen atoms in total. The maximum Gasteiger partial charge on any atom is 0.214 e. The van der Waals surface area contributed by atoms with Crippen molar-refractivity contribution in [1.29, 1.82) is 0 Å². The molecule has 0 fully saturated rings. The first-order chi connectivity index (χ1) is 8.63. The topological polar surface area (TPSA) is 87.2 Å². The fourth-order valence-electron chi connectivity index (χ4n) is 2.07. The molecule has 3 aromatic rings. The molecule has 0 spiro atoms. The van der Waals surface area contributed by atoms with Gasteiger partial charge >= 0.3 is 0 Å². The molecule has 0 bridgehead atoms. The first kappa shape index (κ1) is 11.0. The number of hydrogen-bond acceptors (Lipinski definition) is 5. The quantitative estimate of drug-likeness (QED) is 0.722. The van der Waals surface area contributed by atoms with Crippen molar-refractivity contribution in [3.63, 3.8) is 0 Å². The summed E-state index contributed by atoms with van der Waals surface area (Å²) in [6.45, 7) is 4.32. The summed E-state index contributed by atoms with van der Waals surface area (Å²) in [6, 6.07) is 0. The fraction of sp³-hybridized carbons (Fsp3) is 0.364. The second-order valence-electron chi connectivity index (χ2n) is 4.29. The van der Waals surface area contributed by atoms with Gasteiger partial charge in [-0.2, -0.15) is 0 Å². The van der Waals surface area contributed by atoms with Crippen molar-refractivity contribution >= 4 is 5.78 Å². The number of nitrogens with two attached hydrogens (primary N) is 1. The molecule has 0 amide bonds. The van der Waals surface area contributed by atoms with E-state index in [4.69, 9.17) is 10.4 Å². The van der Waals surface area contributed by atoms with Crippen molar-refractivity contribution in [2.24, 2.45) is 12.8 Å². The Morgan fingerprint density at radius 3 is 2.78 bits per heavy atom. The van der Waals surface area contributed by atoms with E-state index >= 15 is 0 Å². The second kappa shape index (κ2) is 3.67. The molecular formula is C11H14N6O. The van der Waals surface area contributed by atoms with Gasteiger partial charge in [0, 0.05) is 25.5 Å². The molecule has 0 aliphatic rings. The van der Waals surface area contributed by atoms with Crippen LogP contribution < -0.4 is 5.73 Å². The van der Waals surface area contributed by atoms with Gasteiger partial charge in [0.25, 0.3) is 0 Å². The molecule has 3 rings (SSSR count). The van der Waals surface area contributed by atoms with E-state index in [-0.39, 0.29) is 0 Å². The molecule has 0 saturated carbocycles. The van der Waals surface area contributed by atoms with Crippen LogP contribution in [-0.2, 0) is 13.6 Å². The second-order valence-corrected chi connectivity index (χ2v) is 4.29. The maximum absolute atomic E-state index is 5.61. The van der Waals surface area contributed by atoms with Gasteiger partial charge in [0.2, 0.25) is 5.78 Å². The first-order valence-electron chi connectivity index (χ1n) is 5.66. The summed E-state index contributed by atoms with van der Waals surface area (Å²) >= 11 is 0. The third-order valence-electron chi connectivity index (χ3n) is 3.27. The lowest BCUT2D eigenvalue weighted by Crippen LogP contribution is -2.01. The molecule has 94 valence electrons. The Morgan fingerprint density at radius 2 is 2.11 bits per heavy atom. The zero-order valence-electron chi connectivity index (χ0n) is 10.5. The van der Waals surface area contributed by atoms with Crippen LogP contribution in [0.5, 0.6) is 0 Å². The zero-order chi connectivity index (χ0) is 12.9. The number of aromatic nitrogens is 5. The highest BCUT2D eigenvalue weighted by Gasteiger charge is 2.18. The Balaban J connectivity index is 2.28. The summed E-state index contributed by atoms with van der Waals surface area (Å²) in [4.78, 5) is 4.51. The lowest BCUT2D eigenvalue weighted by molar-refractivity contribution is 0.304. The van der Waals surface area contributed by atoms with Crippen LogP contribution in [0, 0.1) is 13.8 Å². The van der Waals surface area contributed by atoms with E-state index < -0.39 is 0 Å². The van der Waals surface area contributed by atoms with Crippen LogP contribution in [0.25, 0.3) is 17.2 Å². The van der Waals surface area contributed by atoms with Crippen molar-refractivity contribution in [1.82, 2.24) is 24.3 Å². The lowest BCUT2D eigenvalue weighted by Gasteiger charge is -1.98. The standard InChI is InChI=1S/C11H14N6O/c1-6-7(2)17-5-9(16(3)11(17)13-6)10-8(4-12)14-18-15-10/h5H,4,12H2,1-3H3. The van der Waals surface area contributed by atoms with E-state index in [0.29, 0.717) is 17.9 Å². The molecule has 2 N–H and O–H groups in total. The highest BCUT2D eigenvalue weighted by molar-refractivity contribution is 5.61. The number of hydrogen-bond donors (Lipinski definition) is 1. The Hall–Kier alpha value is -2.15. The van der Waals surface area contributed by atoms with Gasteiger partial charge in [-0.05, 0) is 19.0 Å². The van der Waals surface area contributed by atoms with Crippen molar-refractivity contribution in [3.05, 3.63) is 23.3 Å². The molecule has 0 radical (unpaired) electrons. The van der Waals surface area contributed by atoms with E-state index in [2.05, 4.69) is 15.3 Å². The van der Waals surface area contributed by atoms with E-state index in [0.717, 1.165) is 22.9 Å². The summed E-state index contributed by atoms with van der Waals surface area (Å²) < 4.78 is 8.73. The SMILES string of the molecule is Cc1nc2n(C)c(-c3nonc3CN)cn2c1C. The van der Waals surface area contributed by atoms with Crippen LogP contribution in [0.1, 0.15) is 17.1 Å². The van der Waals surface area contributed by atoms with Crippen molar-refractivity contribution in [2.75, 3.05) is 0 Å². The molecule has 0 unspecified atom stereocenters. The van der Waals surface area contributed by atoms with Crippen LogP contribution in [-0.4, -0.2) is 24.3 Å². The predicted octanol–water partition coefficient (Wildman–Crippen LogP) is 0.798. The van der Waals surface area contributed by atoms with Gasteiger partial charge in [0.1, 0.15) is 5.69 Å².